The summed E-state index contributed by atoms with van der Waals surface area (Å²) < 4.78 is 0. The third-order valence-electron chi connectivity index (χ3n) is 4.35. The predicted molar refractivity (Wildman–Crippen MR) is 82.4 cm³/mol. The van der Waals surface area contributed by atoms with Crippen LogP contribution in [0.3, 0.4) is 0 Å². The van der Waals surface area contributed by atoms with Crippen LogP contribution in [0.1, 0.15) is 50.8 Å². The van der Waals surface area contributed by atoms with Crippen molar-refractivity contribution in [3.63, 3.8) is 0 Å². The molecule has 1 aromatic rings. The van der Waals surface area contributed by atoms with Crippen LogP contribution in [0.2, 0.25) is 0 Å². The predicted octanol–water partition coefficient (Wildman–Crippen LogP) is 3.16. The molecule has 2 atom stereocenters. The summed E-state index contributed by atoms with van der Waals surface area (Å²) in [5, 5.41) is 3.72. The van der Waals surface area contributed by atoms with Gasteiger partial charge in [-0.1, -0.05) is 13.8 Å². The molecule has 0 aliphatic carbocycles. The molecule has 19 heavy (non-hydrogen) atoms. The summed E-state index contributed by atoms with van der Waals surface area (Å²) in [4.78, 5) is 6.65. The van der Waals surface area contributed by atoms with Gasteiger partial charge in [0, 0.05) is 17.9 Å². The lowest BCUT2D eigenvalue weighted by Crippen LogP contribution is -2.51. The van der Waals surface area contributed by atoms with E-state index in [9.17, 15) is 0 Å². The molecule has 3 heteroatoms. The van der Waals surface area contributed by atoms with Gasteiger partial charge in [0.2, 0.25) is 0 Å². The van der Waals surface area contributed by atoms with Gasteiger partial charge >= 0.3 is 0 Å². The summed E-state index contributed by atoms with van der Waals surface area (Å²) >= 11 is 0. The normalized spacial score (nSPS) is 16.4. The van der Waals surface area contributed by atoms with Crippen molar-refractivity contribution in [2.45, 2.75) is 52.1 Å². The Morgan fingerprint density at radius 3 is 2.53 bits per heavy atom. The largest absolute Gasteiger partial charge is 0.308 e. The highest BCUT2D eigenvalue weighted by atomic mass is 15.2. The van der Waals surface area contributed by atoms with E-state index in [0.717, 1.165) is 19.4 Å². The van der Waals surface area contributed by atoms with Crippen LogP contribution < -0.4 is 5.32 Å². The highest BCUT2D eigenvalue weighted by molar-refractivity contribution is 5.28. The topological polar surface area (TPSA) is 28.2 Å². The van der Waals surface area contributed by atoms with Crippen molar-refractivity contribution in [3.8, 4) is 0 Å². The second-order valence-corrected chi connectivity index (χ2v) is 5.72. The maximum Gasteiger partial charge on any atom is 0.0522 e. The van der Waals surface area contributed by atoms with E-state index in [-0.39, 0.29) is 5.54 Å². The monoisotopic (exact) mass is 263 g/mol. The summed E-state index contributed by atoms with van der Waals surface area (Å²) in [6.07, 6.45) is 6.12. The minimum atomic E-state index is 0.0863. The molecule has 0 radical (unpaired) electrons. The second kappa shape index (κ2) is 7.01. The number of nitrogens with one attached hydrogen (secondary N) is 1. The van der Waals surface area contributed by atoms with E-state index >= 15 is 0 Å². The molecular formula is C16H29N3. The number of likely N-dealkylation sites (N-methyl/N-ethyl adjacent to an activating group) is 1. The van der Waals surface area contributed by atoms with Gasteiger partial charge in [-0.05, 0) is 64.5 Å². The Labute approximate surface area is 118 Å². The number of hydrogen-bond donors (Lipinski definition) is 1. The Morgan fingerprint density at radius 1 is 1.37 bits per heavy atom. The van der Waals surface area contributed by atoms with Crippen LogP contribution >= 0.6 is 0 Å². The molecule has 0 spiro atoms. The van der Waals surface area contributed by atoms with Crippen molar-refractivity contribution in [1.29, 1.82) is 0 Å². The van der Waals surface area contributed by atoms with Gasteiger partial charge in [-0.3, -0.25) is 4.98 Å². The van der Waals surface area contributed by atoms with Crippen molar-refractivity contribution in [2.75, 3.05) is 20.6 Å². The molecular weight excluding hydrogens is 234 g/mol. The summed E-state index contributed by atoms with van der Waals surface area (Å²) in [7, 11) is 4.33. The zero-order valence-electron chi connectivity index (χ0n) is 13.3. The molecule has 0 saturated carbocycles. The summed E-state index contributed by atoms with van der Waals surface area (Å²) in [5.41, 5.74) is 2.71. The Balaban J connectivity index is 3.17. The number of rotatable bonds is 7. The number of aryl methyl sites for hydroxylation is 1. The third-order valence-corrected chi connectivity index (χ3v) is 4.35. The molecule has 0 fully saturated rings. The van der Waals surface area contributed by atoms with Crippen LogP contribution in [0.5, 0.6) is 0 Å². The van der Waals surface area contributed by atoms with Gasteiger partial charge in [-0.2, -0.15) is 0 Å². The average Bonchev–Trinajstić information content (AvgIpc) is 2.40. The standard InChI is InChI=1S/C16H29N3/c1-7-10-18-15(16(4,8-2)19(5)6)14-12-17-11-9-13(14)3/h9,11-12,15,18H,7-8,10H2,1-6H3. The van der Waals surface area contributed by atoms with E-state index in [0.29, 0.717) is 6.04 Å². The molecule has 0 amide bonds. The minimum Gasteiger partial charge on any atom is -0.308 e. The number of hydrogen-bond acceptors (Lipinski definition) is 3. The van der Waals surface area contributed by atoms with Crippen molar-refractivity contribution < 1.29 is 0 Å². The first kappa shape index (κ1) is 16.1. The molecule has 1 N–H and O–H groups in total. The fourth-order valence-electron chi connectivity index (χ4n) is 2.51. The number of aromatic nitrogens is 1. The Hall–Kier alpha value is -0.930. The van der Waals surface area contributed by atoms with Gasteiger partial charge in [0.15, 0.2) is 0 Å². The van der Waals surface area contributed by atoms with Gasteiger partial charge in [0.05, 0.1) is 6.04 Å². The molecule has 0 aliphatic rings. The van der Waals surface area contributed by atoms with E-state index in [4.69, 9.17) is 0 Å². The van der Waals surface area contributed by atoms with Gasteiger partial charge in [-0.15, -0.1) is 0 Å². The van der Waals surface area contributed by atoms with Gasteiger partial charge < -0.3 is 10.2 Å². The van der Waals surface area contributed by atoms with Crippen molar-refractivity contribution in [1.82, 2.24) is 15.2 Å². The lowest BCUT2D eigenvalue weighted by molar-refractivity contribution is 0.112. The van der Waals surface area contributed by atoms with Crippen LogP contribution in [0.25, 0.3) is 0 Å². The summed E-state index contributed by atoms with van der Waals surface area (Å²) in [6, 6.07) is 2.41. The quantitative estimate of drug-likeness (QED) is 0.819. The summed E-state index contributed by atoms with van der Waals surface area (Å²) in [6.45, 7) is 9.99. The van der Waals surface area contributed by atoms with E-state index in [1.54, 1.807) is 0 Å². The van der Waals surface area contributed by atoms with Crippen LogP contribution in [0, 0.1) is 6.92 Å². The molecule has 0 saturated heterocycles. The fraction of sp³-hybridized carbons (Fsp3) is 0.688. The van der Waals surface area contributed by atoms with Crippen molar-refractivity contribution in [3.05, 3.63) is 29.6 Å². The van der Waals surface area contributed by atoms with Gasteiger partial charge in [-0.25, -0.2) is 0 Å². The molecule has 0 aromatic carbocycles. The maximum atomic E-state index is 4.32. The first-order chi connectivity index (χ1) is 8.97. The molecule has 3 nitrogen and oxygen atoms in total. The van der Waals surface area contributed by atoms with Gasteiger partial charge in [0.25, 0.3) is 0 Å². The maximum absolute atomic E-state index is 4.32. The van der Waals surface area contributed by atoms with Crippen LogP contribution in [-0.2, 0) is 0 Å². The highest BCUT2D eigenvalue weighted by Gasteiger charge is 2.36. The molecule has 0 bridgehead atoms. The Kier molecular flexibility index (Phi) is 5.95. The smallest absolute Gasteiger partial charge is 0.0522 e. The summed E-state index contributed by atoms with van der Waals surface area (Å²) in [5.74, 6) is 0. The van der Waals surface area contributed by atoms with Gasteiger partial charge in [0.1, 0.15) is 0 Å². The van der Waals surface area contributed by atoms with Crippen molar-refractivity contribution >= 4 is 0 Å². The zero-order chi connectivity index (χ0) is 14.5. The van der Waals surface area contributed by atoms with Crippen LogP contribution in [0.4, 0.5) is 0 Å². The first-order valence-corrected chi connectivity index (χ1v) is 7.28. The van der Waals surface area contributed by atoms with Crippen LogP contribution in [0.15, 0.2) is 18.5 Å². The Morgan fingerprint density at radius 2 is 2.05 bits per heavy atom. The fourth-order valence-corrected chi connectivity index (χ4v) is 2.51. The molecule has 0 aliphatic heterocycles. The minimum absolute atomic E-state index is 0.0863. The molecule has 2 unspecified atom stereocenters. The zero-order valence-corrected chi connectivity index (χ0v) is 13.3. The Bertz CT molecular complexity index is 389. The lowest BCUT2D eigenvalue weighted by Gasteiger charge is -2.43. The van der Waals surface area contributed by atoms with Crippen LogP contribution in [-0.4, -0.2) is 36.1 Å². The SMILES string of the molecule is CCCNC(c1cnccc1C)C(C)(CC)N(C)C. The van der Waals surface area contributed by atoms with E-state index < -0.39 is 0 Å². The third kappa shape index (κ3) is 3.54. The lowest BCUT2D eigenvalue weighted by atomic mass is 9.82. The highest BCUT2D eigenvalue weighted by Crippen LogP contribution is 2.33. The molecule has 1 aromatic heterocycles. The molecule has 1 heterocycles. The number of nitrogens with zero attached hydrogens (tertiary/aromatic N) is 2. The number of pyridine rings is 1. The first-order valence-electron chi connectivity index (χ1n) is 7.28. The second-order valence-electron chi connectivity index (χ2n) is 5.72. The average molecular weight is 263 g/mol. The molecule has 108 valence electrons. The van der Waals surface area contributed by atoms with E-state index in [1.807, 2.05) is 12.4 Å². The van der Waals surface area contributed by atoms with E-state index in [1.165, 1.54) is 11.1 Å². The van der Waals surface area contributed by atoms with E-state index in [2.05, 4.69) is 63.1 Å². The van der Waals surface area contributed by atoms with Crippen molar-refractivity contribution in [2.24, 2.45) is 0 Å². The molecule has 1 rings (SSSR count).